The number of hydrogen-bond acceptors (Lipinski definition) is 4. The fourth-order valence-corrected chi connectivity index (χ4v) is 5.12. The van der Waals surface area contributed by atoms with Gasteiger partial charge in [-0.1, -0.05) is 35.3 Å². The molecule has 0 aromatic heterocycles. The summed E-state index contributed by atoms with van der Waals surface area (Å²) in [6, 6.07) is 19.7. The number of carbonyl (C=O) groups is 2. The summed E-state index contributed by atoms with van der Waals surface area (Å²) in [5, 5.41) is 3.42. The SMILES string of the molecule is CCOc1ccc(N2C(=O)CS[C@@H]2c2cccc(NC(=O)c3ccc(Cl)cc3Cl)c2)cc1. The lowest BCUT2D eigenvalue weighted by molar-refractivity contribution is -0.115. The zero-order valence-corrected chi connectivity index (χ0v) is 19.5. The van der Waals surface area contributed by atoms with E-state index in [-0.39, 0.29) is 22.2 Å². The van der Waals surface area contributed by atoms with E-state index in [1.54, 1.807) is 34.9 Å². The molecule has 1 aliphatic heterocycles. The molecule has 1 fully saturated rings. The number of thioether (sulfide) groups is 1. The van der Waals surface area contributed by atoms with Crippen molar-refractivity contribution in [1.82, 2.24) is 0 Å². The molecular formula is C24H20Cl2N2O3S. The van der Waals surface area contributed by atoms with Gasteiger partial charge in [-0.05, 0) is 67.1 Å². The van der Waals surface area contributed by atoms with Crippen molar-refractivity contribution < 1.29 is 14.3 Å². The number of anilines is 2. The van der Waals surface area contributed by atoms with Crippen molar-refractivity contribution in [3.63, 3.8) is 0 Å². The quantitative estimate of drug-likeness (QED) is 0.436. The van der Waals surface area contributed by atoms with Gasteiger partial charge >= 0.3 is 0 Å². The highest BCUT2D eigenvalue weighted by molar-refractivity contribution is 8.00. The Balaban J connectivity index is 1.56. The van der Waals surface area contributed by atoms with E-state index >= 15 is 0 Å². The number of ether oxygens (including phenoxy) is 1. The third-order valence-electron chi connectivity index (χ3n) is 4.90. The molecule has 3 aromatic rings. The smallest absolute Gasteiger partial charge is 0.257 e. The normalized spacial score (nSPS) is 15.7. The average molecular weight is 487 g/mol. The van der Waals surface area contributed by atoms with E-state index in [0.717, 1.165) is 17.0 Å². The molecule has 0 bridgehead atoms. The summed E-state index contributed by atoms with van der Waals surface area (Å²) in [6.45, 7) is 2.51. The second-order valence-corrected chi connectivity index (χ2v) is 8.97. The topological polar surface area (TPSA) is 58.6 Å². The maximum atomic E-state index is 12.7. The van der Waals surface area contributed by atoms with Crippen LogP contribution in [0, 0.1) is 0 Å². The molecule has 5 nitrogen and oxygen atoms in total. The fourth-order valence-electron chi connectivity index (χ4n) is 3.46. The molecule has 0 aliphatic carbocycles. The van der Waals surface area contributed by atoms with Crippen molar-refractivity contribution in [3.05, 3.63) is 87.9 Å². The van der Waals surface area contributed by atoms with Crippen LogP contribution in [-0.4, -0.2) is 24.2 Å². The Bertz CT molecular complexity index is 1150. The first-order valence-corrected chi connectivity index (χ1v) is 11.8. The summed E-state index contributed by atoms with van der Waals surface area (Å²) < 4.78 is 5.50. The molecule has 1 N–H and O–H groups in total. The van der Waals surface area contributed by atoms with E-state index in [1.807, 2.05) is 49.4 Å². The molecule has 0 spiro atoms. The Morgan fingerprint density at radius 2 is 1.91 bits per heavy atom. The zero-order chi connectivity index (χ0) is 22.7. The van der Waals surface area contributed by atoms with Crippen LogP contribution in [0.4, 0.5) is 11.4 Å². The van der Waals surface area contributed by atoms with Crippen molar-refractivity contribution in [1.29, 1.82) is 0 Å². The van der Waals surface area contributed by atoms with Crippen molar-refractivity contribution in [2.75, 3.05) is 22.6 Å². The summed E-state index contributed by atoms with van der Waals surface area (Å²) in [4.78, 5) is 27.1. The fraction of sp³-hybridized carbons (Fsp3) is 0.167. The molecule has 1 aliphatic rings. The molecule has 1 atom stereocenters. The largest absolute Gasteiger partial charge is 0.494 e. The third-order valence-corrected chi connectivity index (χ3v) is 6.66. The maximum absolute atomic E-state index is 12.7. The van der Waals surface area contributed by atoms with Crippen LogP contribution in [0.2, 0.25) is 10.0 Å². The number of amides is 2. The van der Waals surface area contributed by atoms with Gasteiger partial charge in [-0.3, -0.25) is 14.5 Å². The van der Waals surface area contributed by atoms with Crippen molar-refractivity contribution in [2.45, 2.75) is 12.3 Å². The van der Waals surface area contributed by atoms with E-state index in [1.165, 1.54) is 6.07 Å². The lowest BCUT2D eigenvalue weighted by atomic mass is 10.1. The summed E-state index contributed by atoms with van der Waals surface area (Å²) in [5.74, 6) is 0.848. The second kappa shape index (κ2) is 9.86. The minimum atomic E-state index is -0.331. The Morgan fingerprint density at radius 1 is 1.12 bits per heavy atom. The van der Waals surface area contributed by atoms with Crippen LogP contribution in [0.25, 0.3) is 0 Å². The minimum absolute atomic E-state index is 0.0338. The molecule has 0 radical (unpaired) electrons. The molecule has 3 aromatic carbocycles. The molecule has 32 heavy (non-hydrogen) atoms. The number of nitrogens with zero attached hydrogens (tertiary/aromatic N) is 1. The Morgan fingerprint density at radius 3 is 2.62 bits per heavy atom. The van der Waals surface area contributed by atoms with Gasteiger partial charge in [0.25, 0.3) is 5.91 Å². The van der Waals surface area contributed by atoms with E-state index in [2.05, 4.69) is 5.32 Å². The monoisotopic (exact) mass is 486 g/mol. The molecule has 2 amide bonds. The van der Waals surface area contributed by atoms with Gasteiger partial charge in [-0.2, -0.15) is 0 Å². The van der Waals surface area contributed by atoms with E-state index in [4.69, 9.17) is 27.9 Å². The highest BCUT2D eigenvalue weighted by Crippen LogP contribution is 2.42. The molecule has 4 rings (SSSR count). The van der Waals surface area contributed by atoms with Crippen LogP contribution >= 0.6 is 35.0 Å². The van der Waals surface area contributed by atoms with Crippen LogP contribution in [0.1, 0.15) is 28.2 Å². The van der Waals surface area contributed by atoms with Crippen LogP contribution in [-0.2, 0) is 4.79 Å². The first kappa shape index (κ1) is 22.5. The number of benzene rings is 3. The summed E-state index contributed by atoms with van der Waals surface area (Å²) in [7, 11) is 0. The predicted molar refractivity (Wildman–Crippen MR) is 131 cm³/mol. The summed E-state index contributed by atoms with van der Waals surface area (Å²) in [5.41, 5.74) is 2.67. The Hall–Kier alpha value is -2.67. The second-order valence-electron chi connectivity index (χ2n) is 7.06. The van der Waals surface area contributed by atoms with Crippen LogP contribution in [0.3, 0.4) is 0 Å². The number of hydrogen-bond donors (Lipinski definition) is 1. The van der Waals surface area contributed by atoms with Crippen molar-refractivity contribution >= 4 is 58.2 Å². The first-order chi connectivity index (χ1) is 15.5. The maximum Gasteiger partial charge on any atom is 0.257 e. The van der Waals surface area contributed by atoms with E-state index < -0.39 is 0 Å². The van der Waals surface area contributed by atoms with Crippen molar-refractivity contribution in [3.8, 4) is 5.75 Å². The van der Waals surface area contributed by atoms with Gasteiger partial charge in [0.05, 0.1) is 22.9 Å². The highest BCUT2D eigenvalue weighted by atomic mass is 35.5. The lowest BCUT2D eigenvalue weighted by Crippen LogP contribution is -2.27. The number of halogens is 2. The van der Waals surface area contributed by atoms with Crippen molar-refractivity contribution in [2.24, 2.45) is 0 Å². The van der Waals surface area contributed by atoms with Crippen LogP contribution in [0.5, 0.6) is 5.75 Å². The van der Waals surface area contributed by atoms with Gasteiger partial charge in [0, 0.05) is 16.4 Å². The Labute approximate surface area is 200 Å². The zero-order valence-electron chi connectivity index (χ0n) is 17.2. The van der Waals surface area contributed by atoms with Gasteiger partial charge < -0.3 is 10.1 Å². The van der Waals surface area contributed by atoms with Gasteiger partial charge in [-0.15, -0.1) is 11.8 Å². The molecular weight excluding hydrogens is 467 g/mol. The lowest BCUT2D eigenvalue weighted by Gasteiger charge is -2.25. The molecule has 8 heteroatoms. The van der Waals surface area contributed by atoms with Gasteiger partial charge in [0.2, 0.25) is 5.91 Å². The van der Waals surface area contributed by atoms with E-state index in [9.17, 15) is 9.59 Å². The molecule has 1 heterocycles. The van der Waals surface area contributed by atoms with Gasteiger partial charge in [0.1, 0.15) is 11.1 Å². The molecule has 0 unspecified atom stereocenters. The highest BCUT2D eigenvalue weighted by Gasteiger charge is 2.34. The van der Waals surface area contributed by atoms with E-state index in [0.29, 0.717) is 28.6 Å². The number of nitrogens with one attached hydrogen (secondary N) is 1. The average Bonchev–Trinajstić information content (AvgIpc) is 3.16. The third kappa shape index (κ3) is 4.88. The molecule has 164 valence electrons. The van der Waals surface area contributed by atoms with Gasteiger partial charge in [-0.25, -0.2) is 0 Å². The summed E-state index contributed by atoms with van der Waals surface area (Å²) in [6.07, 6.45) is 0. The van der Waals surface area contributed by atoms with Gasteiger partial charge in [0.15, 0.2) is 0 Å². The molecule has 0 saturated carbocycles. The standard InChI is InChI=1S/C24H20Cl2N2O3S/c1-2-31-19-9-7-18(8-10-19)28-22(29)14-32-24(28)15-4-3-5-17(12-15)27-23(30)20-11-6-16(25)13-21(20)26/h3-13,24H,2,14H2,1H3,(H,27,30)/t24-/m1/s1. The number of rotatable bonds is 6. The Kier molecular flexibility index (Phi) is 6.94. The summed E-state index contributed by atoms with van der Waals surface area (Å²) >= 11 is 13.6. The molecule has 1 saturated heterocycles. The predicted octanol–water partition coefficient (Wildman–Crippen LogP) is 6.42. The minimum Gasteiger partial charge on any atom is -0.494 e. The first-order valence-electron chi connectivity index (χ1n) is 9.99. The number of carbonyl (C=O) groups excluding carboxylic acids is 2. The van der Waals surface area contributed by atoms with Crippen LogP contribution < -0.4 is 15.0 Å². The van der Waals surface area contributed by atoms with Crippen LogP contribution in [0.15, 0.2) is 66.7 Å².